The zero-order valence-electron chi connectivity index (χ0n) is 16.9. The van der Waals surface area contributed by atoms with Crippen molar-refractivity contribution in [3.63, 3.8) is 0 Å². The molecule has 0 spiro atoms. The van der Waals surface area contributed by atoms with Crippen LogP contribution in [0, 0.1) is 24.1 Å². The van der Waals surface area contributed by atoms with Crippen LogP contribution in [0.25, 0.3) is 11.0 Å². The van der Waals surface area contributed by atoms with Gasteiger partial charge in [-0.2, -0.15) is 10.2 Å². The van der Waals surface area contributed by atoms with Gasteiger partial charge in [0, 0.05) is 5.92 Å². The van der Waals surface area contributed by atoms with Crippen LogP contribution in [-0.2, 0) is 12.2 Å². The van der Waals surface area contributed by atoms with E-state index in [0.717, 1.165) is 0 Å². The molecule has 0 N–H and O–H groups in total. The summed E-state index contributed by atoms with van der Waals surface area (Å²) >= 11 is 0. The molecule has 1 saturated carbocycles. The SMILES string of the molecule is Cc1cc(C#N)nc2ncn(Cc3nc([C@H]4C[C@](F)(c5ccc(F)cc5)C4)no3)c(=O)c12. The highest BCUT2D eigenvalue weighted by atomic mass is 19.1. The number of pyridine rings is 1. The van der Waals surface area contributed by atoms with Crippen molar-refractivity contribution < 1.29 is 13.3 Å². The lowest BCUT2D eigenvalue weighted by atomic mass is 9.68. The van der Waals surface area contributed by atoms with E-state index < -0.39 is 11.5 Å². The van der Waals surface area contributed by atoms with E-state index in [-0.39, 0.29) is 48.1 Å². The molecule has 0 atom stereocenters. The summed E-state index contributed by atoms with van der Waals surface area (Å²) in [5.41, 5.74) is -0.484. The maximum absolute atomic E-state index is 15.1. The summed E-state index contributed by atoms with van der Waals surface area (Å²) in [7, 11) is 0. The van der Waals surface area contributed by atoms with Gasteiger partial charge in [0.25, 0.3) is 5.56 Å². The van der Waals surface area contributed by atoms with Gasteiger partial charge >= 0.3 is 0 Å². The fourth-order valence-corrected chi connectivity index (χ4v) is 4.04. The third kappa shape index (κ3) is 3.32. The molecule has 1 aromatic carbocycles. The molecule has 0 unspecified atom stereocenters. The van der Waals surface area contributed by atoms with E-state index in [1.807, 2.05) is 6.07 Å². The fourth-order valence-electron chi connectivity index (χ4n) is 4.04. The van der Waals surface area contributed by atoms with Crippen LogP contribution in [0.2, 0.25) is 0 Å². The quantitative estimate of drug-likeness (QED) is 0.485. The summed E-state index contributed by atoms with van der Waals surface area (Å²) in [4.78, 5) is 25.4. The van der Waals surface area contributed by atoms with E-state index in [1.165, 1.54) is 41.2 Å². The normalized spacial score (nSPS) is 20.1. The minimum atomic E-state index is -1.55. The van der Waals surface area contributed by atoms with Crippen LogP contribution >= 0.6 is 0 Å². The zero-order chi connectivity index (χ0) is 22.5. The second kappa shape index (κ2) is 7.30. The molecule has 0 radical (unpaired) electrons. The van der Waals surface area contributed by atoms with Crippen LogP contribution in [0.4, 0.5) is 8.78 Å². The van der Waals surface area contributed by atoms with Crippen LogP contribution in [-0.4, -0.2) is 24.7 Å². The van der Waals surface area contributed by atoms with E-state index in [4.69, 9.17) is 9.78 Å². The third-order valence-electron chi connectivity index (χ3n) is 5.76. The Kier molecular flexibility index (Phi) is 4.55. The maximum atomic E-state index is 15.1. The lowest BCUT2D eigenvalue weighted by Crippen LogP contribution is -2.36. The molecule has 0 bridgehead atoms. The predicted molar refractivity (Wildman–Crippen MR) is 108 cm³/mol. The summed E-state index contributed by atoms with van der Waals surface area (Å²) in [6, 6.07) is 8.84. The van der Waals surface area contributed by atoms with Crippen molar-refractivity contribution in [3.8, 4) is 6.07 Å². The number of aromatic nitrogens is 5. The van der Waals surface area contributed by atoms with Crippen LogP contribution in [0.15, 0.2) is 46.0 Å². The molecule has 0 saturated heterocycles. The van der Waals surface area contributed by atoms with Crippen molar-refractivity contribution >= 4 is 11.0 Å². The third-order valence-corrected chi connectivity index (χ3v) is 5.76. The largest absolute Gasteiger partial charge is 0.337 e. The Morgan fingerprint density at radius 2 is 2.03 bits per heavy atom. The first-order valence-corrected chi connectivity index (χ1v) is 9.90. The summed E-state index contributed by atoms with van der Waals surface area (Å²) in [6.45, 7) is 1.71. The standard InChI is InChI=1S/C22H16F2N6O2/c1-12-6-16(9-25)27-20-18(12)21(31)30(11-26-20)10-17-28-19(29-32-17)13-7-22(24,8-13)14-2-4-15(23)5-3-14/h2-6,11,13H,7-8,10H2,1H3/t13-,22+. The lowest BCUT2D eigenvalue weighted by Gasteiger charge is -2.40. The summed E-state index contributed by atoms with van der Waals surface area (Å²) in [5.74, 6) is -0.0786. The Bertz CT molecular complexity index is 1430. The second-order valence-electron chi connectivity index (χ2n) is 7.94. The zero-order valence-corrected chi connectivity index (χ0v) is 16.9. The molecule has 3 heterocycles. The van der Waals surface area contributed by atoms with Gasteiger partial charge in [-0.15, -0.1) is 0 Å². The van der Waals surface area contributed by atoms with E-state index in [9.17, 15) is 9.18 Å². The average Bonchev–Trinajstić information content (AvgIpc) is 3.21. The van der Waals surface area contributed by atoms with E-state index in [0.29, 0.717) is 22.3 Å². The molecule has 1 fully saturated rings. The van der Waals surface area contributed by atoms with Crippen molar-refractivity contribution in [1.82, 2.24) is 24.7 Å². The van der Waals surface area contributed by atoms with Gasteiger partial charge in [-0.1, -0.05) is 17.3 Å². The molecule has 0 aliphatic heterocycles. The highest BCUT2D eigenvalue weighted by Crippen LogP contribution is 2.52. The molecule has 1 aliphatic carbocycles. The number of rotatable bonds is 4. The van der Waals surface area contributed by atoms with Gasteiger partial charge in [-0.25, -0.2) is 18.7 Å². The first kappa shape index (κ1) is 19.9. The van der Waals surface area contributed by atoms with Gasteiger partial charge in [0.15, 0.2) is 11.5 Å². The van der Waals surface area contributed by atoms with E-state index >= 15 is 4.39 Å². The maximum Gasteiger partial charge on any atom is 0.263 e. The molecule has 10 heteroatoms. The van der Waals surface area contributed by atoms with Crippen molar-refractivity contribution in [1.29, 1.82) is 5.26 Å². The molecule has 5 rings (SSSR count). The Labute approximate surface area is 180 Å². The fraction of sp³-hybridized carbons (Fsp3) is 0.273. The van der Waals surface area contributed by atoms with Gasteiger partial charge in [0.1, 0.15) is 36.1 Å². The molecule has 0 amide bonds. The van der Waals surface area contributed by atoms with Crippen molar-refractivity contribution in [2.75, 3.05) is 0 Å². The van der Waals surface area contributed by atoms with Gasteiger partial charge in [0.2, 0.25) is 5.89 Å². The highest BCUT2D eigenvalue weighted by Gasteiger charge is 2.48. The Morgan fingerprint density at radius 3 is 2.75 bits per heavy atom. The molecular weight excluding hydrogens is 418 g/mol. The van der Waals surface area contributed by atoms with Crippen LogP contribution in [0.1, 0.15) is 47.3 Å². The molecule has 1 aliphatic rings. The summed E-state index contributed by atoms with van der Waals surface area (Å²) in [6.07, 6.45) is 1.65. The first-order chi connectivity index (χ1) is 15.4. The Balaban J connectivity index is 1.34. The minimum absolute atomic E-state index is 0.000333. The molecular formula is C22H16F2N6O2. The van der Waals surface area contributed by atoms with Gasteiger partial charge in [-0.3, -0.25) is 9.36 Å². The predicted octanol–water partition coefficient (Wildman–Crippen LogP) is 3.28. The monoisotopic (exact) mass is 434 g/mol. The molecule has 8 nitrogen and oxygen atoms in total. The van der Waals surface area contributed by atoms with Gasteiger partial charge < -0.3 is 4.52 Å². The van der Waals surface area contributed by atoms with Crippen molar-refractivity contribution in [2.45, 2.75) is 37.9 Å². The number of hydrogen-bond donors (Lipinski definition) is 0. The number of fused-ring (bicyclic) bond motifs is 1. The van der Waals surface area contributed by atoms with Gasteiger partial charge in [0.05, 0.1) is 5.39 Å². The number of hydrogen-bond acceptors (Lipinski definition) is 7. The number of aryl methyl sites for hydroxylation is 1. The lowest BCUT2D eigenvalue weighted by molar-refractivity contribution is 0.0335. The Hall–Kier alpha value is -4.00. The number of alkyl halides is 1. The van der Waals surface area contributed by atoms with Crippen LogP contribution < -0.4 is 5.56 Å². The minimum Gasteiger partial charge on any atom is -0.337 e. The van der Waals surface area contributed by atoms with Crippen molar-refractivity contribution in [3.05, 3.63) is 81.4 Å². The summed E-state index contributed by atoms with van der Waals surface area (Å²) < 4.78 is 34.7. The second-order valence-corrected chi connectivity index (χ2v) is 7.94. The molecule has 4 aromatic rings. The topological polar surface area (TPSA) is 110 Å². The molecule has 3 aromatic heterocycles. The van der Waals surface area contributed by atoms with Gasteiger partial charge in [-0.05, 0) is 49.1 Å². The van der Waals surface area contributed by atoms with E-state index in [1.54, 1.807) is 6.92 Å². The first-order valence-electron chi connectivity index (χ1n) is 9.90. The molecule has 32 heavy (non-hydrogen) atoms. The van der Waals surface area contributed by atoms with Crippen molar-refractivity contribution in [2.24, 2.45) is 0 Å². The number of nitriles is 1. The number of nitrogens with zero attached hydrogens (tertiary/aromatic N) is 6. The molecule has 160 valence electrons. The number of benzene rings is 1. The highest BCUT2D eigenvalue weighted by molar-refractivity contribution is 5.77. The van der Waals surface area contributed by atoms with E-state index in [2.05, 4.69) is 20.1 Å². The number of halogens is 2. The Morgan fingerprint density at radius 1 is 1.28 bits per heavy atom. The summed E-state index contributed by atoms with van der Waals surface area (Å²) in [5, 5.41) is 13.3. The van der Waals surface area contributed by atoms with Crippen LogP contribution in [0.5, 0.6) is 0 Å². The average molecular weight is 434 g/mol. The smallest absolute Gasteiger partial charge is 0.263 e. The van der Waals surface area contributed by atoms with Crippen LogP contribution in [0.3, 0.4) is 0 Å².